The normalized spacial score (nSPS) is 15.3. The Morgan fingerprint density at radius 2 is 2.46 bits per heavy atom. The Hall–Kier alpha value is -0.220. The number of halogens is 1. The fraction of sp³-hybridized carbons (Fsp3) is 0.556. The van der Waals surface area contributed by atoms with Crippen molar-refractivity contribution in [2.24, 2.45) is 5.92 Å². The predicted molar refractivity (Wildman–Crippen MR) is 58.6 cm³/mol. The van der Waals surface area contributed by atoms with Gasteiger partial charge in [-0.3, -0.25) is 4.79 Å². The van der Waals surface area contributed by atoms with Crippen molar-refractivity contribution in [1.29, 1.82) is 0 Å². The third-order valence-corrected chi connectivity index (χ3v) is 4.68. The second kappa shape index (κ2) is 4.86. The third-order valence-electron chi connectivity index (χ3n) is 2.04. The highest BCUT2D eigenvalue weighted by Crippen LogP contribution is 2.34. The van der Waals surface area contributed by atoms with Gasteiger partial charge in [0.25, 0.3) is 0 Å². The van der Waals surface area contributed by atoms with Crippen LogP contribution in [0.1, 0.15) is 39.8 Å². The number of aldehydes is 1. The molecule has 0 fully saturated rings. The van der Waals surface area contributed by atoms with Crippen molar-refractivity contribution < 1.29 is 4.79 Å². The molecule has 0 aliphatic heterocycles. The van der Waals surface area contributed by atoms with Gasteiger partial charge in [0.2, 0.25) is 0 Å². The zero-order valence-corrected chi connectivity index (χ0v) is 10.1. The molecular formula is C9H12BrNOS. The van der Waals surface area contributed by atoms with E-state index in [9.17, 15) is 4.79 Å². The van der Waals surface area contributed by atoms with Crippen molar-refractivity contribution in [1.82, 2.24) is 4.98 Å². The van der Waals surface area contributed by atoms with E-state index in [-0.39, 0.29) is 4.83 Å². The number of thiazole rings is 1. The highest BCUT2D eigenvalue weighted by atomic mass is 79.9. The molecule has 4 heteroatoms. The largest absolute Gasteiger partial charge is 0.297 e. The fourth-order valence-corrected chi connectivity index (χ4v) is 2.55. The Labute approximate surface area is 90.5 Å². The molecule has 2 unspecified atom stereocenters. The summed E-state index contributed by atoms with van der Waals surface area (Å²) in [5, 5.41) is 0.997. The smallest absolute Gasteiger partial charge is 0.161 e. The first kappa shape index (κ1) is 10.9. The number of carbonyl (C=O) groups is 1. The summed E-state index contributed by atoms with van der Waals surface area (Å²) in [5.41, 5.74) is 0. The molecule has 0 radical (unpaired) electrons. The van der Waals surface area contributed by atoms with Gasteiger partial charge in [-0.05, 0) is 5.92 Å². The number of rotatable bonds is 4. The van der Waals surface area contributed by atoms with Gasteiger partial charge in [0.05, 0.1) is 9.70 Å². The Balaban J connectivity index is 2.76. The molecule has 13 heavy (non-hydrogen) atoms. The van der Waals surface area contributed by atoms with Gasteiger partial charge in [0, 0.05) is 6.20 Å². The highest BCUT2D eigenvalue weighted by molar-refractivity contribution is 9.09. The molecule has 0 spiro atoms. The summed E-state index contributed by atoms with van der Waals surface area (Å²) in [7, 11) is 0. The lowest BCUT2D eigenvalue weighted by Gasteiger charge is -2.12. The molecule has 0 amide bonds. The molecule has 72 valence electrons. The van der Waals surface area contributed by atoms with Crippen LogP contribution >= 0.6 is 27.3 Å². The molecule has 1 rings (SSSR count). The van der Waals surface area contributed by atoms with Gasteiger partial charge in [-0.15, -0.1) is 11.3 Å². The third kappa shape index (κ3) is 2.61. The van der Waals surface area contributed by atoms with Crippen LogP contribution in [0.5, 0.6) is 0 Å². The number of alkyl halides is 1. The highest BCUT2D eigenvalue weighted by Gasteiger charge is 2.17. The van der Waals surface area contributed by atoms with Crippen LogP contribution in [0.3, 0.4) is 0 Å². The maximum Gasteiger partial charge on any atom is 0.161 e. The Bertz CT molecular complexity index is 287. The van der Waals surface area contributed by atoms with E-state index in [2.05, 4.69) is 34.8 Å². The molecule has 2 nitrogen and oxygen atoms in total. The summed E-state index contributed by atoms with van der Waals surface area (Å²) in [4.78, 5) is 15.6. The first-order valence-electron chi connectivity index (χ1n) is 4.24. The Morgan fingerprint density at radius 3 is 2.92 bits per heavy atom. The maximum atomic E-state index is 10.4. The first-order chi connectivity index (χ1) is 6.19. The summed E-state index contributed by atoms with van der Waals surface area (Å²) in [6.45, 7) is 4.31. The van der Waals surface area contributed by atoms with Crippen molar-refractivity contribution in [2.75, 3.05) is 0 Å². The molecule has 0 aliphatic carbocycles. The molecule has 0 saturated heterocycles. The van der Waals surface area contributed by atoms with E-state index in [1.54, 1.807) is 6.20 Å². The van der Waals surface area contributed by atoms with E-state index >= 15 is 0 Å². The van der Waals surface area contributed by atoms with Crippen molar-refractivity contribution in [3.63, 3.8) is 0 Å². The topological polar surface area (TPSA) is 30.0 Å². The molecule has 1 aromatic heterocycles. The molecule has 1 aromatic rings. The summed E-state index contributed by atoms with van der Waals surface area (Å²) in [5.74, 6) is 0.547. The van der Waals surface area contributed by atoms with Gasteiger partial charge in [0.15, 0.2) is 6.29 Å². The van der Waals surface area contributed by atoms with Crippen LogP contribution in [0, 0.1) is 5.92 Å². The molecule has 0 bridgehead atoms. The minimum atomic E-state index is 0.274. The molecule has 0 saturated carbocycles. The van der Waals surface area contributed by atoms with Gasteiger partial charge >= 0.3 is 0 Å². The minimum Gasteiger partial charge on any atom is -0.297 e. The van der Waals surface area contributed by atoms with Crippen LogP contribution in [-0.4, -0.2) is 11.3 Å². The Kier molecular flexibility index (Phi) is 4.06. The lowest BCUT2D eigenvalue weighted by atomic mass is 10.1. The number of hydrogen-bond donors (Lipinski definition) is 0. The van der Waals surface area contributed by atoms with E-state index in [0.29, 0.717) is 10.8 Å². The van der Waals surface area contributed by atoms with E-state index in [4.69, 9.17) is 0 Å². The van der Waals surface area contributed by atoms with E-state index < -0.39 is 0 Å². The molecule has 2 atom stereocenters. The lowest BCUT2D eigenvalue weighted by Crippen LogP contribution is -2.00. The standard InChI is InChI=1S/C9H12BrNOS/c1-3-6(2)8(10)9-11-4-7(5-12)13-9/h4-6,8H,3H2,1-2H3. The van der Waals surface area contributed by atoms with Gasteiger partial charge in [-0.25, -0.2) is 4.98 Å². The van der Waals surface area contributed by atoms with Gasteiger partial charge in [-0.2, -0.15) is 0 Å². The van der Waals surface area contributed by atoms with E-state index in [1.165, 1.54) is 11.3 Å². The molecule has 1 heterocycles. The van der Waals surface area contributed by atoms with Crippen molar-refractivity contribution in [2.45, 2.75) is 25.1 Å². The van der Waals surface area contributed by atoms with Crippen molar-refractivity contribution in [3.8, 4) is 0 Å². The first-order valence-corrected chi connectivity index (χ1v) is 5.97. The molecular weight excluding hydrogens is 250 g/mol. The fourth-order valence-electron chi connectivity index (χ4n) is 0.933. The van der Waals surface area contributed by atoms with Gasteiger partial charge in [-0.1, -0.05) is 36.2 Å². The van der Waals surface area contributed by atoms with Crippen LogP contribution in [0.2, 0.25) is 0 Å². The molecule has 0 aromatic carbocycles. The van der Waals surface area contributed by atoms with Crippen LogP contribution in [0.15, 0.2) is 6.20 Å². The van der Waals surface area contributed by atoms with Gasteiger partial charge < -0.3 is 0 Å². The number of carbonyl (C=O) groups excluding carboxylic acids is 1. The van der Waals surface area contributed by atoms with E-state index in [1.807, 2.05) is 0 Å². The quantitative estimate of drug-likeness (QED) is 0.614. The summed E-state index contributed by atoms with van der Waals surface area (Å²) in [6.07, 6.45) is 3.58. The summed E-state index contributed by atoms with van der Waals surface area (Å²) in [6, 6.07) is 0. The predicted octanol–water partition coefficient (Wildman–Crippen LogP) is 3.44. The van der Waals surface area contributed by atoms with Crippen LogP contribution < -0.4 is 0 Å². The second-order valence-electron chi connectivity index (χ2n) is 3.01. The Morgan fingerprint density at radius 1 is 1.77 bits per heavy atom. The van der Waals surface area contributed by atoms with Crippen LogP contribution in [0.25, 0.3) is 0 Å². The lowest BCUT2D eigenvalue weighted by molar-refractivity contribution is 0.112. The number of nitrogens with zero attached hydrogens (tertiary/aromatic N) is 1. The van der Waals surface area contributed by atoms with Crippen LogP contribution in [0.4, 0.5) is 0 Å². The van der Waals surface area contributed by atoms with Crippen molar-refractivity contribution in [3.05, 3.63) is 16.1 Å². The molecule has 0 aliphatic rings. The van der Waals surface area contributed by atoms with Crippen molar-refractivity contribution >= 4 is 33.6 Å². The summed E-state index contributed by atoms with van der Waals surface area (Å²) < 4.78 is 0. The van der Waals surface area contributed by atoms with E-state index in [0.717, 1.165) is 17.7 Å². The number of aromatic nitrogens is 1. The monoisotopic (exact) mass is 261 g/mol. The zero-order chi connectivity index (χ0) is 9.84. The van der Waals surface area contributed by atoms with Crippen LogP contribution in [-0.2, 0) is 0 Å². The number of hydrogen-bond acceptors (Lipinski definition) is 3. The average Bonchev–Trinajstić information content (AvgIpc) is 2.63. The molecule has 0 N–H and O–H groups in total. The zero-order valence-electron chi connectivity index (χ0n) is 7.66. The summed E-state index contributed by atoms with van der Waals surface area (Å²) >= 11 is 5.04. The van der Waals surface area contributed by atoms with Gasteiger partial charge in [0.1, 0.15) is 5.01 Å². The maximum absolute atomic E-state index is 10.4. The SMILES string of the molecule is CCC(C)C(Br)c1ncc(C=O)s1. The second-order valence-corrected chi connectivity index (χ2v) is 5.09. The average molecular weight is 262 g/mol. The minimum absolute atomic E-state index is 0.274.